The second-order valence-corrected chi connectivity index (χ2v) is 4.73. The highest BCUT2D eigenvalue weighted by Crippen LogP contribution is 2.21. The number of nitrogens with two attached hydrogens (primary N) is 1. The maximum atomic E-state index is 5.66. The van der Waals surface area contributed by atoms with Gasteiger partial charge in [-0.2, -0.15) is 0 Å². The zero-order chi connectivity index (χ0) is 13.9. The molecular formula is C16H17N3O. The molecule has 4 heteroatoms. The Hall–Kier alpha value is -2.33. The highest BCUT2D eigenvalue weighted by atomic mass is 16.5. The van der Waals surface area contributed by atoms with Crippen LogP contribution < -0.4 is 10.5 Å². The summed E-state index contributed by atoms with van der Waals surface area (Å²) in [4.78, 5) is 4.63. The molecule has 0 saturated carbocycles. The number of imidazole rings is 1. The molecule has 3 aromatic rings. The lowest BCUT2D eigenvalue weighted by molar-refractivity contribution is 0.410. The molecule has 0 aliphatic heterocycles. The van der Waals surface area contributed by atoms with Gasteiger partial charge in [-0.1, -0.05) is 24.3 Å². The second kappa shape index (κ2) is 5.35. The van der Waals surface area contributed by atoms with Crippen molar-refractivity contribution >= 4 is 5.65 Å². The molecule has 1 aromatic carbocycles. The Morgan fingerprint density at radius 1 is 1.15 bits per heavy atom. The molecule has 0 atom stereocenters. The highest BCUT2D eigenvalue weighted by molar-refractivity contribution is 5.43. The summed E-state index contributed by atoms with van der Waals surface area (Å²) in [6, 6.07) is 12.0. The average Bonchev–Trinajstić information content (AvgIpc) is 2.89. The van der Waals surface area contributed by atoms with Gasteiger partial charge in [-0.3, -0.25) is 0 Å². The Bertz CT molecular complexity index is 733. The first-order valence-electron chi connectivity index (χ1n) is 6.58. The Balaban J connectivity index is 1.94. The summed E-state index contributed by atoms with van der Waals surface area (Å²) in [7, 11) is 1.69. The van der Waals surface area contributed by atoms with Crippen molar-refractivity contribution in [1.29, 1.82) is 0 Å². The van der Waals surface area contributed by atoms with E-state index in [4.69, 9.17) is 10.5 Å². The number of hydrogen-bond donors (Lipinski definition) is 1. The van der Waals surface area contributed by atoms with Crippen molar-refractivity contribution in [1.82, 2.24) is 9.38 Å². The Morgan fingerprint density at radius 2 is 2.00 bits per heavy atom. The number of hydrogen-bond acceptors (Lipinski definition) is 3. The number of rotatable bonds is 4. The zero-order valence-electron chi connectivity index (χ0n) is 11.4. The molecular weight excluding hydrogens is 250 g/mol. The smallest absolute Gasteiger partial charge is 0.137 e. The summed E-state index contributed by atoms with van der Waals surface area (Å²) in [5.41, 5.74) is 9.85. The number of pyridine rings is 1. The van der Waals surface area contributed by atoms with Gasteiger partial charge in [-0.15, -0.1) is 0 Å². The average molecular weight is 267 g/mol. The number of benzene rings is 1. The molecule has 0 spiro atoms. The normalized spacial score (nSPS) is 10.9. The molecule has 0 radical (unpaired) electrons. The maximum absolute atomic E-state index is 5.66. The van der Waals surface area contributed by atoms with Crippen LogP contribution in [-0.4, -0.2) is 16.5 Å². The number of ether oxygens (including phenoxy) is 1. The van der Waals surface area contributed by atoms with Gasteiger partial charge in [0.25, 0.3) is 0 Å². The van der Waals surface area contributed by atoms with Gasteiger partial charge < -0.3 is 14.9 Å². The van der Waals surface area contributed by atoms with E-state index in [1.54, 1.807) is 7.11 Å². The predicted molar refractivity (Wildman–Crippen MR) is 78.9 cm³/mol. The van der Waals surface area contributed by atoms with Crippen LogP contribution >= 0.6 is 0 Å². The first-order chi connectivity index (χ1) is 9.80. The van der Waals surface area contributed by atoms with Crippen molar-refractivity contribution in [3.8, 4) is 5.75 Å². The van der Waals surface area contributed by atoms with Gasteiger partial charge in [0.05, 0.1) is 12.8 Å². The topological polar surface area (TPSA) is 52.5 Å². The summed E-state index contributed by atoms with van der Waals surface area (Å²) in [5.74, 6) is 0.896. The fraction of sp³-hybridized carbons (Fsp3) is 0.188. The molecule has 0 fully saturated rings. The fourth-order valence-electron chi connectivity index (χ4n) is 2.34. The van der Waals surface area contributed by atoms with Gasteiger partial charge in [-0.05, 0) is 17.7 Å². The van der Waals surface area contributed by atoms with Crippen LogP contribution in [-0.2, 0) is 13.0 Å². The van der Waals surface area contributed by atoms with E-state index >= 15 is 0 Å². The van der Waals surface area contributed by atoms with E-state index in [-0.39, 0.29) is 0 Å². The van der Waals surface area contributed by atoms with Crippen molar-refractivity contribution in [3.05, 3.63) is 65.6 Å². The molecule has 3 rings (SSSR count). The van der Waals surface area contributed by atoms with Gasteiger partial charge in [0.1, 0.15) is 11.4 Å². The van der Waals surface area contributed by atoms with Crippen LogP contribution in [0.4, 0.5) is 0 Å². The molecule has 0 bridgehead atoms. The lowest BCUT2D eigenvalue weighted by atomic mass is 10.1. The SMILES string of the molecule is COc1ccccc1Cc1cn2cc(CN)ccc2n1. The molecule has 2 heterocycles. The molecule has 102 valence electrons. The van der Waals surface area contributed by atoms with Crippen molar-refractivity contribution in [2.45, 2.75) is 13.0 Å². The molecule has 0 aliphatic rings. The Labute approximate surface area is 117 Å². The minimum atomic E-state index is 0.538. The van der Waals surface area contributed by atoms with Gasteiger partial charge in [-0.25, -0.2) is 4.98 Å². The van der Waals surface area contributed by atoms with Gasteiger partial charge in [0.2, 0.25) is 0 Å². The van der Waals surface area contributed by atoms with E-state index in [0.717, 1.165) is 34.6 Å². The van der Waals surface area contributed by atoms with Gasteiger partial charge in [0, 0.05) is 30.9 Å². The molecule has 0 saturated heterocycles. The predicted octanol–water partition coefficient (Wildman–Crippen LogP) is 2.39. The third-order valence-corrected chi connectivity index (χ3v) is 3.36. The summed E-state index contributed by atoms with van der Waals surface area (Å²) in [6.07, 6.45) is 4.82. The van der Waals surface area contributed by atoms with E-state index in [0.29, 0.717) is 6.54 Å². The molecule has 2 aromatic heterocycles. The summed E-state index contributed by atoms with van der Waals surface area (Å²) < 4.78 is 7.40. The van der Waals surface area contributed by atoms with Crippen LogP contribution in [0.3, 0.4) is 0 Å². The second-order valence-electron chi connectivity index (χ2n) is 4.73. The number of nitrogens with zero attached hydrogens (tertiary/aromatic N) is 2. The minimum absolute atomic E-state index is 0.538. The highest BCUT2D eigenvalue weighted by Gasteiger charge is 2.07. The van der Waals surface area contributed by atoms with Gasteiger partial charge in [0.15, 0.2) is 0 Å². The van der Waals surface area contributed by atoms with Crippen LogP contribution in [0.1, 0.15) is 16.8 Å². The molecule has 0 aliphatic carbocycles. The molecule has 4 nitrogen and oxygen atoms in total. The third-order valence-electron chi connectivity index (χ3n) is 3.36. The van der Waals surface area contributed by atoms with E-state index in [9.17, 15) is 0 Å². The Kier molecular flexibility index (Phi) is 3.39. The van der Waals surface area contributed by atoms with Crippen LogP contribution in [0.15, 0.2) is 48.8 Å². The third kappa shape index (κ3) is 2.38. The monoisotopic (exact) mass is 267 g/mol. The Morgan fingerprint density at radius 3 is 2.80 bits per heavy atom. The quantitative estimate of drug-likeness (QED) is 0.789. The van der Waals surface area contributed by atoms with Crippen LogP contribution in [0.25, 0.3) is 5.65 Å². The molecule has 20 heavy (non-hydrogen) atoms. The lowest BCUT2D eigenvalue weighted by Crippen LogP contribution is -1.97. The van der Waals surface area contributed by atoms with Gasteiger partial charge >= 0.3 is 0 Å². The molecule has 0 amide bonds. The summed E-state index contributed by atoms with van der Waals surface area (Å²) in [6.45, 7) is 0.538. The van der Waals surface area contributed by atoms with Crippen molar-refractivity contribution in [3.63, 3.8) is 0 Å². The molecule has 0 unspecified atom stereocenters. The minimum Gasteiger partial charge on any atom is -0.496 e. The van der Waals surface area contributed by atoms with Crippen LogP contribution in [0.5, 0.6) is 5.75 Å². The zero-order valence-corrected chi connectivity index (χ0v) is 11.4. The first-order valence-corrected chi connectivity index (χ1v) is 6.58. The fourth-order valence-corrected chi connectivity index (χ4v) is 2.34. The van der Waals surface area contributed by atoms with Crippen molar-refractivity contribution in [2.24, 2.45) is 5.73 Å². The number of fused-ring (bicyclic) bond motifs is 1. The van der Waals surface area contributed by atoms with Crippen molar-refractivity contribution in [2.75, 3.05) is 7.11 Å². The lowest BCUT2D eigenvalue weighted by Gasteiger charge is -2.05. The summed E-state index contributed by atoms with van der Waals surface area (Å²) >= 11 is 0. The number of para-hydroxylation sites is 1. The standard InChI is InChI=1S/C16H17N3O/c1-20-15-5-3-2-4-13(15)8-14-11-19-10-12(9-17)6-7-16(19)18-14/h2-7,10-11H,8-9,17H2,1H3. The number of aromatic nitrogens is 2. The van der Waals surface area contributed by atoms with E-state index in [1.165, 1.54) is 0 Å². The van der Waals surface area contributed by atoms with E-state index in [1.807, 2.05) is 47.1 Å². The summed E-state index contributed by atoms with van der Waals surface area (Å²) in [5, 5.41) is 0. The number of methoxy groups -OCH3 is 1. The largest absolute Gasteiger partial charge is 0.496 e. The molecule has 2 N–H and O–H groups in total. The van der Waals surface area contributed by atoms with Crippen molar-refractivity contribution < 1.29 is 4.74 Å². The van der Waals surface area contributed by atoms with E-state index in [2.05, 4.69) is 11.1 Å². The maximum Gasteiger partial charge on any atom is 0.137 e. The van der Waals surface area contributed by atoms with Crippen LogP contribution in [0.2, 0.25) is 0 Å². The first kappa shape index (κ1) is 12.7. The van der Waals surface area contributed by atoms with Crippen LogP contribution in [0, 0.1) is 0 Å². The van der Waals surface area contributed by atoms with E-state index < -0.39 is 0 Å².